The first kappa shape index (κ1) is 8.53. The Hall–Kier alpha value is -0.570. The molecule has 1 fully saturated rings. The quantitative estimate of drug-likeness (QED) is 0.481. The molecule has 0 aliphatic heterocycles. The third kappa shape index (κ3) is 2.19. The highest BCUT2D eigenvalue weighted by Gasteiger charge is 2.23. The van der Waals surface area contributed by atoms with Crippen LogP contribution in [-0.4, -0.2) is 36.5 Å². The molecule has 1 atom stereocenters. The number of rotatable bonds is 2. The predicted octanol–water partition coefficient (Wildman–Crippen LogP) is 1.18. The molecule has 3 heteroatoms. The van der Waals surface area contributed by atoms with Crippen LogP contribution in [0.4, 0.5) is 0 Å². The van der Waals surface area contributed by atoms with Crippen LogP contribution in [0.15, 0.2) is 5.16 Å². The van der Waals surface area contributed by atoms with Gasteiger partial charge in [-0.1, -0.05) is 5.16 Å². The maximum Gasteiger partial charge on any atom is 0.0614 e. The largest absolute Gasteiger partial charge is 0.411 e. The molecule has 0 saturated heterocycles. The van der Waals surface area contributed by atoms with Gasteiger partial charge in [0.2, 0.25) is 0 Å². The van der Waals surface area contributed by atoms with Crippen LogP contribution >= 0.6 is 0 Å². The average molecular weight is 156 g/mol. The van der Waals surface area contributed by atoms with E-state index < -0.39 is 0 Å². The number of oxime groups is 1. The predicted molar refractivity (Wildman–Crippen MR) is 45.1 cm³/mol. The van der Waals surface area contributed by atoms with Crippen molar-refractivity contribution in [2.45, 2.75) is 19.3 Å². The lowest BCUT2D eigenvalue weighted by atomic mass is 10.1. The molecular weight excluding hydrogens is 140 g/mol. The van der Waals surface area contributed by atoms with Crippen LogP contribution in [-0.2, 0) is 0 Å². The first-order chi connectivity index (χ1) is 5.24. The molecule has 1 aliphatic rings. The molecule has 3 nitrogen and oxygen atoms in total. The van der Waals surface area contributed by atoms with E-state index in [-0.39, 0.29) is 0 Å². The molecule has 1 rings (SSSR count). The first-order valence-electron chi connectivity index (χ1n) is 4.09. The highest BCUT2D eigenvalue weighted by Crippen LogP contribution is 2.22. The van der Waals surface area contributed by atoms with Crippen LogP contribution < -0.4 is 0 Å². The van der Waals surface area contributed by atoms with E-state index in [1.807, 2.05) is 14.1 Å². The van der Waals surface area contributed by atoms with E-state index in [2.05, 4.69) is 10.1 Å². The minimum absolute atomic E-state index is 0.495. The number of nitrogens with zero attached hydrogens (tertiary/aromatic N) is 2. The zero-order valence-electron chi connectivity index (χ0n) is 7.25. The standard InChI is InChI=1S/C8H16N2O/c1-10(2)6-7-4-3-5-8(7)9-11/h7,11H,3-6H2,1-2H3/b9-8-/t7-/m0/s1. The number of hydrogen-bond acceptors (Lipinski definition) is 3. The summed E-state index contributed by atoms with van der Waals surface area (Å²) in [6, 6.07) is 0. The fraction of sp³-hybridized carbons (Fsp3) is 0.875. The summed E-state index contributed by atoms with van der Waals surface area (Å²) in [6.45, 7) is 1.01. The summed E-state index contributed by atoms with van der Waals surface area (Å²) in [6.07, 6.45) is 3.34. The van der Waals surface area contributed by atoms with Crippen LogP contribution in [0, 0.1) is 5.92 Å². The smallest absolute Gasteiger partial charge is 0.0614 e. The molecule has 64 valence electrons. The third-order valence-electron chi connectivity index (χ3n) is 2.17. The molecule has 0 aromatic heterocycles. The Bertz CT molecular complexity index is 154. The Morgan fingerprint density at radius 3 is 2.91 bits per heavy atom. The van der Waals surface area contributed by atoms with Gasteiger partial charge in [-0.3, -0.25) is 0 Å². The van der Waals surface area contributed by atoms with Gasteiger partial charge in [0.1, 0.15) is 0 Å². The maximum atomic E-state index is 8.62. The summed E-state index contributed by atoms with van der Waals surface area (Å²) in [7, 11) is 4.10. The SMILES string of the molecule is CN(C)C[C@@H]1CCC/C1=N/O. The molecule has 1 aliphatic carbocycles. The molecule has 1 N–H and O–H groups in total. The summed E-state index contributed by atoms with van der Waals surface area (Å²) in [4.78, 5) is 2.14. The molecule has 0 aromatic rings. The molecular formula is C8H16N2O. The Labute approximate surface area is 67.7 Å². The second kappa shape index (κ2) is 3.72. The summed E-state index contributed by atoms with van der Waals surface area (Å²) in [5, 5.41) is 11.9. The second-order valence-electron chi connectivity index (χ2n) is 3.44. The average Bonchev–Trinajstić information content (AvgIpc) is 2.34. The topological polar surface area (TPSA) is 35.8 Å². The van der Waals surface area contributed by atoms with Gasteiger partial charge in [-0.2, -0.15) is 0 Å². The van der Waals surface area contributed by atoms with E-state index in [0.29, 0.717) is 5.92 Å². The molecule has 0 unspecified atom stereocenters. The molecule has 11 heavy (non-hydrogen) atoms. The lowest BCUT2D eigenvalue weighted by Gasteiger charge is -2.15. The maximum absolute atomic E-state index is 8.62. The lowest BCUT2D eigenvalue weighted by molar-refractivity contribution is 0.309. The van der Waals surface area contributed by atoms with Gasteiger partial charge in [-0.15, -0.1) is 0 Å². The van der Waals surface area contributed by atoms with Crippen LogP contribution in [0.3, 0.4) is 0 Å². The summed E-state index contributed by atoms with van der Waals surface area (Å²) in [5.41, 5.74) is 0.985. The van der Waals surface area contributed by atoms with E-state index in [9.17, 15) is 0 Å². The monoisotopic (exact) mass is 156 g/mol. The molecule has 0 spiro atoms. The van der Waals surface area contributed by atoms with Crippen molar-refractivity contribution in [3.05, 3.63) is 0 Å². The van der Waals surface area contributed by atoms with Crippen LogP contribution in [0.5, 0.6) is 0 Å². The van der Waals surface area contributed by atoms with E-state index >= 15 is 0 Å². The van der Waals surface area contributed by atoms with E-state index in [4.69, 9.17) is 5.21 Å². The Morgan fingerprint density at radius 2 is 2.36 bits per heavy atom. The van der Waals surface area contributed by atoms with Crippen molar-refractivity contribution in [3.63, 3.8) is 0 Å². The minimum atomic E-state index is 0.495. The van der Waals surface area contributed by atoms with Gasteiger partial charge in [-0.05, 0) is 33.4 Å². The lowest BCUT2D eigenvalue weighted by Crippen LogP contribution is -2.24. The zero-order chi connectivity index (χ0) is 8.27. The van der Waals surface area contributed by atoms with Gasteiger partial charge in [0.15, 0.2) is 0 Å². The minimum Gasteiger partial charge on any atom is -0.411 e. The Balaban J connectivity index is 2.44. The van der Waals surface area contributed by atoms with Crippen molar-refractivity contribution in [2.24, 2.45) is 11.1 Å². The fourth-order valence-electron chi connectivity index (χ4n) is 1.67. The summed E-state index contributed by atoms with van der Waals surface area (Å²) < 4.78 is 0. The van der Waals surface area contributed by atoms with Crippen molar-refractivity contribution in [1.82, 2.24) is 4.90 Å². The van der Waals surface area contributed by atoms with Crippen molar-refractivity contribution >= 4 is 5.71 Å². The molecule has 0 aromatic carbocycles. The first-order valence-corrected chi connectivity index (χ1v) is 4.09. The zero-order valence-corrected chi connectivity index (χ0v) is 7.25. The number of hydrogen-bond donors (Lipinski definition) is 1. The van der Waals surface area contributed by atoms with Gasteiger partial charge in [0.25, 0.3) is 0 Å². The van der Waals surface area contributed by atoms with Crippen molar-refractivity contribution in [1.29, 1.82) is 0 Å². The third-order valence-corrected chi connectivity index (χ3v) is 2.17. The Morgan fingerprint density at radius 1 is 1.64 bits per heavy atom. The highest BCUT2D eigenvalue weighted by molar-refractivity contribution is 5.88. The van der Waals surface area contributed by atoms with Gasteiger partial charge in [0, 0.05) is 12.5 Å². The van der Waals surface area contributed by atoms with E-state index in [1.165, 1.54) is 12.8 Å². The van der Waals surface area contributed by atoms with Crippen molar-refractivity contribution in [3.8, 4) is 0 Å². The summed E-state index contributed by atoms with van der Waals surface area (Å²) in [5.74, 6) is 0.495. The van der Waals surface area contributed by atoms with Gasteiger partial charge in [0.05, 0.1) is 5.71 Å². The van der Waals surface area contributed by atoms with Crippen molar-refractivity contribution in [2.75, 3.05) is 20.6 Å². The van der Waals surface area contributed by atoms with Crippen LogP contribution in [0.25, 0.3) is 0 Å². The molecule has 1 saturated carbocycles. The normalized spacial score (nSPS) is 28.6. The summed E-state index contributed by atoms with van der Waals surface area (Å²) >= 11 is 0. The highest BCUT2D eigenvalue weighted by atomic mass is 16.4. The molecule has 0 bridgehead atoms. The van der Waals surface area contributed by atoms with Crippen LogP contribution in [0.2, 0.25) is 0 Å². The van der Waals surface area contributed by atoms with Crippen LogP contribution in [0.1, 0.15) is 19.3 Å². The van der Waals surface area contributed by atoms with Gasteiger partial charge < -0.3 is 10.1 Å². The van der Waals surface area contributed by atoms with E-state index in [1.54, 1.807) is 0 Å². The van der Waals surface area contributed by atoms with Gasteiger partial charge >= 0.3 is 0 Å². The Kier molecular flexibility index (Phi) is 2.88. The second-order valence-corrected chi connectivity index (χ2v) is 3.44. The van der Waals surface area contributed by atoms with E-state index in [0.717, 1.165) is 18.7 Å². The molecule has 0 amide bonds. The fourth-order valence-corrected chi connectivity index (χ4v) is 1.67. The molecule has 0 heterocycles. The van der Waals surface area contributed by atoms with Crippen molar-refractivity contribution < 1.29 is 5.21 Å². The molecule has 0 radical (unpaired) electrons. The van der Waals surface area contributed by atoms with Gasteiger partial charge in [-0.25, -0.2) is 0 Å².